The highest BCUT2D eigenvalue weighted by Crippen LogP contribution is 2.44. The molecule has 102 valence electrons. The Morgan fingerprint density at radius 1 is 1.37 bits per heavy atom. The van der Waals surface area contributed by atoms with Gasteiger partial charge in [-0.1, -0.05) is 13.3 Å². The minimum Gasteiger partial charge on any atom is -0.507 e. The van der Waals surface area contributed by atoms with Crippen molar-refractivity contribution in [3.05, 3.63) is 23.8 Å². The molecule has 0 radical (unpaired) electrons. The number of carboxylic acid groups (broad SMARTS) is 1. The van der Waals surface area contributed by atoms with Gasteiger partial charge in [0.1, 0.15) is 11.3 Å². The highest BCUT2D eigenvalue weighted by molar-refractivity contribution is 5.98. The van der Waals surface area contributed by atoms with Crippen LogP contribution in [-0.4, -0.2) is 22.1 Å². The first-order valence-corrected chi connectivity index (χ1v) is 6.36. The summed E-state index contributed by atoms with van der Waals surface area (Å²) in [4.78, 5) is 23.1. The second-order valence-corrected chi connectivity index (χ2v) is 4.98. The maximum atomic E-state index is 12.2. The van der Waals surface area contributed by atoms with Crippen molar-refractivity contribution in [2.24, 2.45) is 5.41 Å². The molecule has 5 heteroatoms. The number of aromatic carboxylic acids is 1. The second kappa shape index (κ2) is 4.91. The highest BCUT2D eigenvalue weighted by Gasteiger charge is 2.42. The van der Waals surface area contributed by atoms with Gasteiger partial charge in [-0.05, 0) is 37.5 Å². The van der Waals surface area contributed by atoms with Crippen molar-refractivity contribution in [1.29, 1.82) is 0 Å². The zero-order valence-electron chi connectivity index (χ0n) is 10.8. The minimum absolute atomic E-state index is 0.0664. The second-order valence-electron chi connectivity index (χ2n) is 4.98. The van der Waals surface area contributed by atoms with Crippen molar-refractivity contribution in [3.8, 4) is 5.75 Å². The fraction of sp³-hybridized carbons (Fsp3) is 0.429. The van der Waals surface area contributed by atoms with Crippen LogP contribution in [0.3, 0.4) is 0 Å². The van der Waals surface area contributed by atoms with Crippen LogP contribution in [0.4, 0.5) is 5.69 Å². The van der Waals surface area contributed by atoms with Crippen LogP contribution in [0, 0.1) is 5.41 Å². The average Bonchev–Trinajstić information content (AvgIpc) is 2.30. The summed E-state index contributed by atoms with van der Waals surface area (Å²) in [5.41, 5.74) is -0.113. The van der Waals surface area contributed by atoms with E-state index in [1.54, 1.807) is 0 Å². The van der Waals surface area contributed by atoms with Crippen LogP contribution in [0.2, 0.25) is 0 Å². The molecule has 1 aliphatic rings. The summed E-state index contributed by atoms with van der Waals surface area (Å²) in [6.45, 7) is 1.98. The lowest BCUT2D eigenvalue weighted by molar-refractivity contribution is -0.130. The van der Waals surface area contributed by atoms with Crippen molar-refractivity contribution >= 4 is 17.6 Å². The van der Waals surface area contributed by atoms with E-state index in [-0.39, 0.29) is 22.6 Å². The van der Waals surface area contributed by atoms with Crippen LogP contribution < -0.4 is 5.32 Å². The summed E-state index contributed by atoms with van der Waals surface area (Å²) in [6.07, 6.45) is 3.58. The molecule has 0 atom stereocenters. The molecule has 0 bridgehead atoms. The summed E-state index contributed by atoms with van der Waals surface area (Å²) in [7, 11) is 0. The van der Waals surface area contributed by atoms with Crippen LogP contribution >= 0.6 is 0 Å². The number of hydrogen-bond acceptors (Lipinski definition) is 3. The lowest BCUT2D eigenvalue weighted by Gasteiger charge is -2.39. The van der Waals surface area contributed by atoms with Crippen molar-refractivity contribution in [2.75, 3.05) is 5.32 Å². The first-order valence-electron chi connectivity index (χ1n) is 6.36. The maximum Gasteiger partial charge on any atom is 0.339 e. The number of rotatable bonds is 4. The summed E-state index contributed by atoms with van der Waals surface area (Å²) >= 11 is 0. The van der Waals surface area contributed by atoms with Gasteiger partial charge in [0.15, 0.2) is 0 Å². The van der Waals surface area contributed by atoms with E-state index >= 15 is 0 Å². The standard InChI is InChI=1S/C14H17NO4/c1-2-14(6-3-7-14)13(19)15-9-4-5-11(16)10(8-9)12(17)18/h4-5,8,16H,2-3,6-7H2,1H3,(H,15,19)(H,17,18). The predicted octanol–water partition coefficient (Wildman–Crippen LogP) is 2.61. The molecule has 1 amide bonds. The summed E-state index contributed by atoms with van der Waals surface area (Å²) in [5, 5.41) is 21.1. The molecule has 1 fully saturated rings. The third kappa shape index (κ3) is 2.41. The molecule has 0 saturated heterocycles. The normalized spacial score (nSPS) is 16.5. The Balaban J connectivity index is 2.17. The third-order valence-electron chi connectivity index (χ3n) is 3.95. The van der Waals surface area contributed by atoms with Crippen LogP contribution in [0.5, 0.6) is 5.75 Å². The Labute approximate surface area is 111 Å². The summed E-state index contributed by atoms with van der Waals surface area (Å²) in [5.74, 6) is -1.59. The topological polar surface area (TPSA) is 86.6 Å². The van der Waals surface area contributed by atoms with E-state index in [0.29, 0.717) is 5.69 Å². The number of anilines is 1. The van der Waals surface area contributed by atoms with Gasteiger partial charge in [0.2, 0.25) is 5.91 Å². The fourth-order valence-electron chi connectivity index (χ4n) is 2.39. The molecule has 1 aliphatic carbocycles. The van der Waals surface area contributed by atoms with Gasteiger partial charge in [0.25, 0.3) is 0 Å². The Bertz CT molecular complexity index is 515. The number of carbonyl (C=O) groups is 2. The lowest BCUT2D eigenvalue weighted by Crippen LogP contribution is -2.41. The van der Waals surface area contributed by atoms with Crippen LogP contribution in [0.1, 0.15) is 43.0 Å². The van der Waals surface area contributed by atoms with Gasteiger partial charge in [0.05, 0.1) is 0 Å². The van der Waals surface area contributed by atoms with E-state index < -0.39 is 5.97 Å². The number of benzene rings is 1. The van der Waals surface area contributed by atoms with Gasteiger partial charge in [-0.15, -0.1) is 0 Å². The zero-order valence-corrected chi connectivity index (χ0v) is 10.8. The van der Waals surface area contributed by atoms with E-state index in [0.717, 1.165) is 25.7 Å². The van der Waals surface area contributed by atoms with Crippen molar-refractivity contribution in [2.45, 2.75) is 32.6 Å². The Morgan fingerprint density at radius 2 is 2.05 bits per heavy atom. The van der Waals surface area contributed by atoms with Gasteiger partial charge >= 0.3 is 5.97 Å². The van der Waals surface area contributed by atoms with Gasteiger partial charge in [0, 0.05) is 11.1 Å². The smallest absolute Gasteiger partial charge is 0.339 e. The van der Waals surface area contributed by atoms with E-state index in [4.69, 9.17) is 5.11 Å². The first kappa shape index (κ1) is 13.4. The van der Waals surface area contributed by atoms with Crippen LogP contribution in [0.15, 0.2) is 18.2 Å². The van der Waals surface area contributed by atoms with Crippen molar-refractivity contribution in [1.82, 2.24) is 0 Å². The van der Waals surface area contributed by atoms with Crippen molar-refractivity contribution in [3.63, 3.8) is 0 Å². The molecule has 0 spiro atoms. The van der Waals surface area contributed by atoms with Gasteiger partial charge in [-0.3, -0.25) is 4.79 Å². The average molecular weight is 263 g/mol. The molecule has 0 heterocycles. The van der Waals surface area contributed by atoms with Gasteiger partial charge < -0.3 is 15.5 Å². The summed E-state index contributed by atoms with van der Waals surface area (Å²) in [6, 6.07) is 4.05. The highest BCUT2D eigenvalue weighted by atomic mass is 16.4. The number of amides is 1. The number of carboxylic acids is 1. The minimum atomic E-state index is -1.22. The van der Waals surface area contributed by atoms with Crippen LogP contribution in [-0.2, 0) is 4.79 Å². The fourth-order valence-corrected chi connectivity index (χ4v) is 2.39. The SMILES string of the molecule is CCC1(C(=O)Nc2ccc(O)c(C(=O)O)c2)CCC1. The Morgan fingerprint density at radius 3 is 2.53 bits per heavy atom. The molecule has 0 aromatic heterocycles. The molecule has 5 nitrogen and oxygen atoms in total. The number of hydrogen-bond donors (Lipinski definition) is 3. The monoisotopic (exact) mass is 263 g/mol. The molecular weight excluding hydrogens is 246 g/mol. The number of aromatic hydroxyl groups is 1. The molecular formula is C14H17NO4. The number of nitrogens with one attached hydrogen (secondary N) is 1. The Kier molecular flexibility index (Phi) is 3.46. The molecule has 0 aliphatic heterocycles. The first-order chi connectivity index (χ1) is 8.98. The van der Waals surface area contributed by atoms with Gasteiger partial charge in [-0.25, -0.2) is 4.79 Å². The summed E-state index contributed by atoms with van der Waals surface area (Å²) < 4.78 is 0. The zero-order chi connectivity index (χ0) is 14.0. The van der Waals surface area contributed by atoms with Gasteiger partial charge in [-0.2, -0.15) is 0 Å². The molecule has 1 aromatic rings. The van der Waals surface area contributed by atoms with E-state index in [2.05, 4.69) is 5.32 Å². The van der Waals surface area contributed by atoms with E-state index in [1.165, 1.54) is 18.2 Å². The lowest BCUT2D eigenvalue weighted by atomic mass is 9.66. The van der Waals surface area contributed by atoms with E-state index in [1.807, 2.05) is 6.92 Å². The molecule has 2 rings (SSSR count). The molecule has 1 aromatic carbocycles. The Hall–Kier alpha value is -2.04. The van der Waals surface area contributed by atoms with E-state index in [9.17, 15) is 14.7 Å². The number of carbonyl (C=O) groups excluding carboxylic acids is 1. The largest absolute Gasteiger partial charge is 0.507 e. The predicted molar refractivity (Wildman–Crippen MR) is 70.3 cm³/mol. The number of phenols is 1. The maximum absolute atomic E-state index is 12.2. The molecule has 19 heavy (non-hydrogen) atoms. The van der Waals surface area contributed by atoms with Crippen molar-refractivity contribution < 1.29 is 19.8 Å². The molecule has 3 N–H and O–H groups in total. The molecule has 1 saturated carbocycles. The molecule has 0 unspecified atom stereocenters. The third-order valence-corrected chi connectivity index (χ3v) is 3.95. The van der Waals surface area contributed by atoms with Crippen LogP contribution in [0.25, 0.3) is 0 Å². The quantitative estimate of drug-likeness (QED) is 0.729.